The highest BCUT2D eigenvalue weighted by Crippen LogP contribution is 2.27. The van der Waals surface area contributed by atoms with Crippen molar-refractivity contribution in [2.45, 2.75) is 45.1 Å². The lowest BCUT2D eigenvalue weighted by Gasteiger charge is -2.30. The second kappa shape index (κ2) is 4.21. The van der Waals surface area contributed by atoms with Crippen LogP contribution in [-0.4, -0.2) is 22.6 Å². The van der Waals surface area contributed by atoms with Crippen LogP contribution >= 0.6 is 0 Å². The van der Waals surface area contributed by atoms with E-state index < -0.39 is 0 Å². The molecule has 0 bridgehead atoms. The molecule has 0 spiro atoms. The molecule has 3 rings (SSSR count). The van der Waals surface area contributed by atoms with Crippen molar-refractivity contribution >= 4 is 0 Å². The molecule has 1 aromatic rings. The van der Waals surface area contributed by atoms with E-state index in [-0.39, 0.29) is 0 Å². The van der Waals surface area contributed by atoms with Crippen LogP contribution in [-0.2, 0) is 12.8 Å². The monoisotopic (exact) mass is 219 g/mol. The van der Waals surface area contributed by atoms with Crippen molar-refractivity contribution in [3.05, 3.63) is 17.7 Å². The smallest absolute Gasteiger partial charge is 0.0954 e. The van der Waals surface area contributed by atoms with Gasteiger partial charge in [-0.25, -0.2) is 4.98 Å². The van der Waals surface area contributed by atoms with Crippen LogP contribution in [0.3, 0.4) is 0 Å². The molecule has 1 fully saturated rings. The first-order valence-electron chi connectivity index (χ1n) is 6.60. The quantitative estimate of drug-likeness (QED) is 0.782. The first-order valence-corrected chi connectivity index (χ1v) is 6.60. The number of hydrogen-bond donors (Lipinski definition) is 1. The first-order chi connectivity index (χ1) is 7.84. The van der Waals surface area contributed by atoms with Crippen LogP contribution in [0.1, 0.15) is 43.6 Å². The van der Waals surface area contributed by atoms with Gasteiger partial charge in [-0.15, -0.1) is 0 Å². The van der Waals surface area contributed by atoms with Crippen molar-refractivity contribution in [2.24, 2.45) is 5.92 Å². The summed E-state index contributed by atoms with van der Waals surface area (Å²) in [5.74, 6) is 0.792. The summed E-state index contributed by atoms with van der Waals surface area (Å²) in [5.41, 5.74) is 2.89. The highest BCUT2D eigenvalue weighted by molar-refractivity contribution is 5.17. The maximum Gasteiger partial charge on any atom is 0.0954 e. The lowest BCUT2D eigenvalue weighted by Crippen LogP contribution is -2.36. The highest BCUT2D eigenvalue weighted by Gasteiger charge is 2.24. The third-order valence-corrected chi connectivity index (χ3v) is 4.00. The summed E-state index contributed by atoms with van der Waals surface area (Å²) < 4.78 is 2.46. The molecule has 1 aliphatic heterocycles. The molecule has 3 heteroatoms. The number of rotatable bonds is 1. The van der Waals surface area contributed by atoms with Gasteiger partial charge in [0.1, 0.15) is 0 Å². The second-order valence-corrected chi connectivity index (χ2v) is 5.41. The van der Waals surface area contributed by atoms with E-state index >= 15 is 0 Å². The van der Waals surface area contributed by atoms with Crippen LogP contribution < -0.4 is 5.32 Å². The molecule has 2 heterocycles. The molecular weight excluding hydrogens is 198 g/mol. The van der Waals surface area contributed by atoms with E-state index in [2.05, 4.69) is 28.1 Å². The van der Waals surface area contributed by atoms with E-state index in [9.17, 15) is 0 Å². The van der Waals surface area contributed by atoms with E-state index in [4.69, 9.17) is 0 Å². The topological polar surface area (TPSA) is 29.9 Å². The number of hydrogen-bond acceptors (Lipinski definition) is 2. The number of imidazole rings is 1. The minimum atomic E-state index is 0.637. The first kappa shape index (κ1) is 10.3. The van der Waals surface area contributed by atoms with Crippen LogP contribution in [0.5, 0.6) is 0 Å². The highest BCUT2D eigenvalue weighted by atomic mass is 15.1. The Bertz CT molecular complexity index is 369. The summed E-state index contributed by atoms with van der Waals surface area (Å²) in [6.07, 6.45) is 8.48. The van der Waals surface area contributed by atoms with Crippen molar-refractivity contribution in [1.29, 1.82) is 0 Å². The van der Waals surface area contributed by atoms with E-state index in [1.54, 1.807) is 0 Å². The predicted octanol–water partition coefficient (Wildman–Crippen LogP) is 1.93. The van der Waals surface area contributed by atoms with Gasteiger partial charge in [-0.05, 0) is 44.6 Å². The number of piperidine rings is 1. The van der Waals surface area contributed by atoms with Gasteiger partial charge in [-0.2, -0.15) is 0 Å². The van der Waals surface area contributed by atoms with E-state index in [0.717, 1.165) is 12.5 Å². The molecule has 1 aromatic heterocycles. The van der Waals surface area contributed by atoms with Gasteiger partial charge in [0.05, 0.1) is 12.0 Å². The fraction of sp³-hybridized carbons (Fsp3) is 0.769. The van der Waals surface area contributed by atoms with Crippen molar-refractivity contribution < 1.29 is 0 Å². The summed E-state index contributed by atoms with van der Waals surface area (Å²) in [6, 6.07) is 0.637. The summed E-state index contributed by atoms with van der Waals surface area (Å²) >= 11 is 0. The maximum atomic E-state index is 4.59. The van der Waals surface area contributed by atoms with Gasteiger partial charge in [-0.1, -0.05) is 6.92 Å². The average Bonchev–Trinajstić information content (AvgIpc) is 2.72. The Morgan fingerprint density at radius 1 is 1.31 bits per heavy atom. The van der Waals surface area contributed by atoms with Gasteiger partial charge in [0, 0.05) is 18.3 Å². The molecule has 0 amide bonds. The Morgan fingerprint density at radius 3 is 3.06 bits per heavy atom. The Labute approximate surface area is 97.3 Å². The van der Waals surface area contributed by atoms with Gasteiger partial charge in [0.2, 0.25) is 0 Å². The zero-order valence-electron chi connectivity index (χ0n) is 10.1. The van der Waals surface area contributed by atoms with Gasteiger partial charge in [-0.3, -0.25) is 0 Å². The molecule has 1 aliphatic carbocycles. The van der Waals surface area contributed by atoms with Crippen molar-refractivity contribution in [3.63, 3.8) is 0 Å². The SMILES string of the molecule is CC1CNCC(n2cnc3c2CCCC3)C1. The molecule has 88 valence electrons. The molecule has 0 saturated carbocycles. The molecule has 1 N–H and O–H groups in total. The predicted molar refractivity (Wildman–Crippen MR) is 64.6 cm³/mol. The molecule has 0 radical (unpaired) electrons. The van der Waals surface area contributed by atoms with Gasteiger partial charge >= 0.3 is 0 Å². The van der Waals surface area contributed by atoms with Crippen molar-refractivity contribution in [1.82, 2.24) is 14.9 Å². The molecule has 0 aromatic carbocycles. The minimum Gasteiger partial charge on any atom is -0.330 e. The van der Waals surface area contributed by atoms with Crippen LogP contribution in [0.4, 0.5) is 0 Å². The fourth-order valence-corrected chi connectivity index (χ4v) is 3.15. The van der Waals surface area contributed by atoms with Gasteiger partial charge in [0.15, 0.2) is 0 Å². The lowest BCUT2D eigenvalue weighted by molar-refractivity contribution is 0.296. The summed E-state index contributed by atoms with van der Waals surface area (Å²) in [5, 5.41) is 3.53. The molecule has 2 unspecified atom stereocenters. The Hall–Kier alpha value is -0.830. The Morgan fingerprint density at radius 2 is 2.19 bits per heavy atom. The normalized spacial score (nSPS) is 30.1. The minimum absolute atomic E-state index is 0.637. The molecule has 16 heavy (non-hydrogen) atoms. The van der Waals surface area contributed by atoms with E-state index in [1.165, 1.54) is 50.0 Å². The number of aromatic nitrogens is 2. The molecule has 1 saturated heterocycles. The summed E-state index contributed by atoms with van der Waals surface area (Å²) in [6.45, 7) is 4.63. The summed E-state index contributed by atoms with van der Waals surface area (Å²) in [4.78, 5) is 4.59. The van der Waals surface area contributed by atoms with Crippen molar-refractivity contribution in [3.8, 4) is 0 Å². The Kier molecular flexibility index (Phi) is 2.72. The number of nitrogens with one attached hydrogen (secondary N) is 1. The third-order valence-electron chi connectivity index (χ3n) is 4.00. The largest absolute Gasteiger partial charge is 0.330 e. The lowest BCUT2D eigenvalue weighted by atomic mass is 9.96. The van der Waals surface area contributed by atoms with Gasteiger partial charge < -0.3 is 9.88 Å². The summed E-state index contributed by atoms with van der Waals surface area (Å²) in [7, 11) is 0. The van der Waals surface area contributed by atoms with E-state index in [0.29, 0.717) is 6.04 Å². The zero-order valence-corrected chi connectivity index (χ0v) is 10.1. The van der Waals surface area contributed by atoms with Crippen LogP contribution in [0, 0.1) is 5.92 Å². The molecule has 2 aliphatic rings. The molecular formula is C13H21N3. The van der Waals surface area contributed by atoms with Crippen LogP contribution in [0.15, 0.2) is 6.33 Å². The maximum absolute atomic E-state index is 4.59. The number of fused-ring (bicyclic) bond motifs is 1. The Balaban J connectivity index is 1.85. The number of nitrogens with zero attached hydrogens (tertiary/aromatic N) is 2. The second-order valence-electron chi connectivity index (χ2n) is 5.41. The van der Waals surface area contributed by atoms with Crippen molar-refractivity contribution in [2.75, 3.05) is 13.1 Å². The molecule has 2 atom stereocenters. The number of aryl methyl sites for hydroxylation is 1. The zero-order chi connectivity index (χ0) is 11.0. The fourth-order valence-electron chi connectivity index (χ4n) is 3.15. The third kappa shape index (κ3) is 1.77. The standard InChI is InChI=1S/C13H21N3/c1-10-6-11(8-14-7-10)16-9-15-12-4-2-3-5-13(12)16/h9-11,14H,2-8H2,1H3. The molecule has 3 nitrogen and oxygen atoms in total. The van der Waals surface area contributed by atoms with Gasteiger partial charge in [0.25, 0.3) is 0 Å². The van der Waals surface area contributed by atoms with E-state index in [1.807, 2.05) is 0 Å². The van der Waals surface area contributed by atoms with Crippen LogP contribution in [0.25, 0.3) is 0 Å². The van der Waals surface area contributed by atoms with Crippen LogP contribution in [0.2, 0.25) is 0 Å². The average molecular weight is 219 g/mol.